The zero-order valence-corrected chi connectivity index (χ0v) is 13.0. The van der Waals surface area contributed by atoms with Crippen molar-refractivity contribution in [2.24, 2.45) is 0 Å². The number of nitrogens with one attached hydrogen (secondary N) is 1. The summed E-state index contributed by atoms with van der Waals surface area (Å²) in [6.45, 7) is 3.86. The van der Waals surface area contributed by atoms with Gasteiger partial charge in [-0.05, 0) is 23.8 Å². The van der Waals surface area contributed by atoms with Crippen LogP contribution in [0.4, 0.5) is 0 Å². The Kier molecular flexibility index (Phi) is 4.01. The summed E-state index contributed by atoms with van der Waals surface area (Å²) in [5, 5.41) is 4.68. The SMILES string of the molecule is c1cncc(C2CNCCN2Cc2ccc3ccccc3n2)c1. The third kappa shape index (κ3) is 3.09. The summed E-state index contributed by atoms with van der Waals surface area (Å²) in [5.74, 6) is 0. The van der Waals surface area contributed by atoms with Crippen molar-refractivity contribution in [3.8, 4) is 0 Å². The Morgan fingerprint density at radius 1 is 1.09 bits per heavy atom. The molecular formula is C19H20N4. The summed E-state index contributed by atoms with van der Waals surface area (Å²) in [4.78, 5) is 11.6. The van der Waals surface area contributed by atoms with Crippen molar-refractivity contribution < 1.29 is 0 Å². The minimum absolute atomic E-state index is 0.353. The molecule has 3 aromatic rings. The van der Waals surface area contributed by atoms with Crippen LogP contribution in [0.15, 0.2) is 60.9 Å². The van der Waals surface area contributed by atoms with Crippen LogP contribution >= 0.6 is 0 Å². The lowest BCUT2D eigenvalue weighted by Gasteiger charge is -2.36. The molecule has 1 unspecified atom stereocenters. The Bertz CT molecular complexity index is 787. The molecular weight excluding hydrogens is 284 g/mol. The third-order valence-electron chi connectivity index (χ3n) is 4.44. The van der Waals surface area contributed by atoms with Gasteiger partial charge in [-0.15, -0.1) is 0 Å². The Morgan fingerprint density at radius 2 is 2.04 bits per heavy atom. The van der Waals surface area contributed by atoms with Gasteiger partial charge in [0.2, 0.25) is 0 Å². The van der Waals surface area contributed by atoms with Crippen LogP contribution in [0.3, 0.4) is 0 Å². The first-order chi connectivity index (χ1) is 11.4. The maximum Gasteiger partial charge on any atom is 0.0705 e. The maximum absolute atomic E-state index is 4.82. The molecule has 4 nitrogen and oxygen atoms in total. The Labute approximate surface area is 136 Å². The smallest absolute Gasteiger partial charge is 0.0705 e. The van der Waals surface area contributed by atoms with Gasteiger partial charge < -0.3 is 5.32 Å². The van der Waals surface area contributed by atoms with Crippen molar-refractivity contribution in [3.63, 3.8) is 0 Å². The van der Waals surface area contributed by atoms with Crippen LogP contribution in [0, 0.1) is 0 Å². The second-order valence-electron chi connectivity index (χ2n) is 5.97. The molecule has 4 heteroatoms. The fraction of sp³-hybridized carbons (Fsp3) is 0.263. The number of benzene rings is 1. The van der Waals surface area contributed by atoms with E-state index in [4.69, 9.17) is 4.98 Å². The van der Waals surface area contributed by atoms with Crippen LogP contribution < -0.4 is 5.32 Å². The molecule has 116 valence electrons. The van der Waals surface area contributed by atoms with Crippen LogP contribution in [-0.4, -0.2) is 34.5 Å². The van der Waals surface area contributed by atoms with E-state index in [1.54, 1.807) is 0 Å². The van der Waals surface area contributed by atoms with Crippen LogP contribution in [0.1, 0.15) is 17.3 Å². The zero-order chi connectivity index (χ0) is 15.5. The van der Waals surface area contributed by atoms with E-state index in [0.717, 1.165) is 37.4 Å². The second kappa shape index (κ2) is 6.44. The fourth-order valence-corrected chi connectivity index (χ4v) is 3.24. The summed E-state index contributed by atoms with van der Waals surface area (Å²) >= 11 is 0. The van der Waals surface area contributed by atoms with Gasteiger partial charge in [0.25, 0.3) is 0 Å². The van der Waals surface area contributed by atoms with Gasteiger partial charge in [-0.1, -0.05) is 30.3 Å². The maximum atomic E-state index is 4.82. The summed E-state index contributed by atoms with van der Waals surface area (Å²) < 4.78 is 0. The molecule has 1 N–H and O–H groups in total. The molecule has 0 bridgehead atoms. The van der Waals surface area contributed by atoms with Crippen LogP contribution in [0.25, 0.3) is 10.9 Å². The van der Waals surface area contributed by atoms with E-state index in [9.17, 15) is 0 Å². The number of piperazine rings is 1. The number of fused-ring (bicyclic) bond motifs is 1. The molecule has 4 rings (SSSR count). The van der Waals surface area contributed by atoms with E-state index < -0.39 is 0 Å². The average molecular weight is 304 g/mol. The van der Waals surface area contributed by atoms with Gasteiger partial charge in [0.05, 0.1) is 11.2 Å². The molecule has 2 aromatic heterocycles. The first-order valence-electron chi connectivity index (χ1n) is 8.09. The monoisotopic (exact) mass is 304 g/mol. The first kappa shape index (κ1) is 14.3. The summed E-state index contributed by atoms with van der Waals surface area (Å²) in [5.41, 5.74) is 3.46. The van der Waals surface area contributed by atoms with E-state index in [0.29, 0.717) is 6.04 Å². The van der Waals surface area contributed by atoms with Crippen LogP contribution in [-0.2, 0) is 6.54 Å². The van der Waals surface area contributed by atoms with Gasteiger partial charge in [0.1, 0.15) is 0 Å². The standard InChI is InChI=1S/C19H20N4/c1-2-6-18-15(4-1)7-8-17(22-18)14-23-11-10-21-13-19(23)16-5-3-9-20-12-16/h1-9,12,19,21H,10-11,13-14H2. The van der Waals surface area contributed by atoms with Gasteiger partial charge in [-0.2, -0.15) is 0 Å². The molecule has 1 atom stereocenters. The molecule has 23 heavy (non-hydrogen) atoms. The van der Waals surface area contributed by atoms with Crippen molar-refractivity contribution in [3.05, 3.63) is 72.2 Å². The van der Waals surface area contributed by atoms with Gasteiger partial charge in [0.15, 0.2) is 0 Å². The second-order valence-corrected chi connectivity index (χ2v) is 5.97. The van der Waals surface area contributed by atoms with Gasteiger partial charge in [-0.25, -0.2) is 0 Å². The lowest BCUT2D eigenvalue weighted by atomic mass is 10.0. The lowest BCUT2D eigenvalue weighted by molar-refractivity contribution is 0.152. The van der Waals surface area contributed by atoms with Gasteiger partial charge >= 0.3 is 0 Å². The first-order valence-corrected chi connectivity index (χ1v) is 8.09. The Morgan fingerprint density at radius 3 is 2.96 bits per heavy atom. The van der Waals surface area contributed by atoms with Crippen molar-refractivity contribution in [2.75, 3.05) is 19.6 Å². The van der Waals surface area contributed by atoms with Gasteiger partial charge in [0, 0.05) is 50.0 Å². The lowest BCUT2D eigenvalue weighted by Crippen LogP contribution is -2.45. The minimum Gasteiger partial charge on any atom is -0.314 e. The normalized spacial score (nSPS) is 19.0. The van der Waals surface area contributed by atoms with Crippen molar-refractivity contribution in [2.45, 2.75) is 12.6 Å². The Hall–Kier alpha value is -2.30. The van der Waals surface area contributed by atoms with Crippen LogP contribution in [0.5, 0.6) is 0 Å². The predicted molar refractivity (Wildman–Crippen MR) is 92.0 cm³/mol. The molecule has 0 aliphatic carbocycles. The molecule has 1 saturated heterocycles. The van der Waals surface area contributed by atoms with Crippen LogP contribution in [0.2, 0.25) is 0 Å². The molecule has 0 spiro atoms. The van der Waals surface area contributed by atoms with Gasteiger partial charge in [-0.3, -0.25) is 14.9 Å². The summed E-state index contributed by atoms with van der Waals surface area (Å²) in [7, 11) is 0. The van der Waals surface area contributed by atoms with Crippen molar-refractivity contribution in [1.82, 2.24) is 20.2 Å². The number of hydrogen-bond donors (Lipinski definition) is 1. The fourth-order valence-electron chi connectivity index (χ4n) is 3.24. The molecule has 0 saturated carbocycles. The predicted octanol–water partition coefficient (Wildman–Crippen LogP) is 2.78. The number of aromatic nitrogens is 2. The molecule has 1 fully saturated rings. The van der Waals surface area contributed by atoms with E-state index in [-0.39, 0.29) is 0 Å². The highest BCUT2D eigenvalue weighted by Crippen LogP contribution is 2.23. The molecule has 0 amide bonds. The number of para-hydroxylation sites is 1. The van der Waals surface area contributed by atoms with E-state index in [1.165, 1.54) is 10.9 Å². The molecule has 1 aliphatic rings. The highest BCUT2D eigenvalue weighted by molar-refractivity contribution is 5.78. The number of pyridine rings is 2. The number of nitrogens with zero attached hydrogens (tertiary/aromatic N) is 3. The van der Waals surface area contributed by atoms with E-state index in [2.05, 4.69) is 51.6 Å². The topological polar surface area (TPSA) is 41.1 Å². The van der Waals surface area contributed by atoms with Crippen molar-refractivity contribution in [1.29, 1.82) is 0 Å². The largest absolute Gasteiger partial charge is 0.314 e. The summed E-state index contributed by atoms with van der Waals surface area (Å²) in [6, 6.07) is 17.1. The van der Waals surface area contributed by atoms with E-state index in [1.807, 2.05) is 24.5 Å². The Balaban J connectivity index is 1.59. The molecule has 1 aliphatic heterocycles. The number of hydrogen-bond acceptors (Lipinski definition) is 4. The highest BCUT2D eigenvalue weighted by atomic mass is 15.2. The quantitative estimate of drug-likeness (QED) is 0.808. The van der Waals surface area contributed by atoms with E-state index >= 15 is 0 Å². The highest BCUT2D eigenvalue weighted by Gasteiger charge is 2.24. The minimum atomic E-state index is 0.353. The number of rotatable bonds is 3. The third-order valence-corrected chi connectivity index (χ3v) is 4.44. The average Bonchev–Trinajstić information content (AvgIpc) is 2.63. The molecule has 3 heterocycles. The zero-order valence-electron chi connectivity index (χ0n) is 13.0. The molecule has 0 radical (unpaired) electrons. The van der Waals surface area contributed by atoms with Crippen molar-refractivity contribution >= 4 is 10.9 Å². The molecule has 1 aromatic carbocycles. The summed E-state index contributed by atoms with van der Waals surface area (Å²) in [6.07, 6.45) is 3.80.